The van der Waals surface area contributed by atoms with Gasteiger partial charge in [-0.2, -0.15) is 23.4 Å². The van der Waals surface area contributed by atoms with E-state index in [4.69, 9.17) is 4.42 Å². The van der Waals surface area contributed by atoms with E-state index in [1.165, 1.54) is 12.1 Å². The van der Waals surface area contributed by atoms with Gasteiger partial charge in [0.2, 0.25) is 0 Å². The van der Waals surface area contributed by atoms with Crippen molar-refractivity contribution in [3.63, 3.8) is 0 Å². The molecule has 2 N–H and O–H groups in total. The first-order chi connectivity index (χ1) is 13.8. The molecular weight excluding hydrogens is 383 g/mol. The van der Waals surface area contributed by atoms with Gasteiger partial charge >= 0.3 is 12.2 Å². The molecule has 1 aliphatic carbocycles. The molecule has 0 fully saturated rings. The lowest BCUT2D eigenvalue weighted by atomic mass is 9.88. The smallest absolute Gasteiger partial charge is 0.416 e. The molecule has 29 heavy (non-hydrogen) atoms. The molecule has 0 amide bonds. The van der Waals surface area contributed by atoms with E-state index in [1.54, 1.807) is 0 Å². The lowest BCUT2D eigenvalue weighted by Gasteiger charge is -2.23. The minimum atomic E-state index is -4.44. The molecule has 148 valence electrons. The number of oxazole rings is 1. The summed E-state index contributed by atoms with van der Waals surface area (Å²) < 4.78 is 43.9. The number of aliphatic hydroxyl groups is 1. The quantitative estimate of drug-likeness (QED) is 0.660. The van der Waals surface area contributed by atoms with E-state index >= 15 is 0 Å². The SMILES string of the molecule is N#Cc1nc(Nc2cccc3c2C[C@H](O)CC3)oc1-c1ccc(C(F)(F)F)cc1. The summed E-state index contributed by atoms with van der Waals surface area (Å²) in [6, 6.07) is 12.0. The zero-order valence-electron chi connectivity index (χ0n) is 15.1. The molecule has 0 radical (unpaired) electrons. The van der Waals surface area contributed by atoms with Crippen LogP contribution < -0.4 is 5.32 Å². The number of nitrogens with one attached hydrogen (secondary N) is 1. The van der Waals surface area contributed by atoms with E-state index in [-0.39, 0.29) is 17.5 Å². The molecule has 0 spiro atoms. The molecule has 1 aliphatic rings. The van der Waals surface area contributed by atoms with Gasteiger partial charge in [-0.25, -0.2) is 0 Å². The molecule has 4 rings (SSSR count). The first-order valence-corrected chi connectivity index (χ1v) is 8.99. The maximum Gasteiger partial charge on any atom is 0.416 e. The van der Waals surface area contributed by atoms with Crippen molar-refractivity contribution < 1.29 is 22.7 Å². The van der Waals surface area contributed by atoms with Crippen LogP contribution in [0.4, 0.5) is 24.9 Å². The number of nitrogens with zero attached hydrogens (tertiary/aromatic N) is 2. The van der Waals surface area contributed by atoms with Crippen LogP contribution in [0.2, 0.25) is 0 Å². The molecule has 0 saturated heterocycles. The standard InChI is InChI=1S/C21H16F3N3O2/c22-21(23,24)14-7-4-13(5-8-14)19-18(11-25)27-20(29-19)26-17-3-1-2-12-6-9-15(28)10-16(12)17/h1-5,7-8,15,28H,6,9-10H2,(H,26,27)/t15-/m1/s1. The van der Waals surface area contributed by atoms with Gasteiger partial charge in [0.15, 0.2) is 11.5 Å². The summed E-state index contributed by atoms with van der Waals surface area (Å²) in [4.78, 5) is 4.12. The zero-order valence-corrected chi connectivity index (χ0v) is 15.1. The molecule has 3 aromatic rings. The van der Waals surface area contributed by atoms with Gasteiger partial charge in [0.05, 0.1) is 11.7 Å². The first-order valence-electron chi connectivity index (χ1n) is 8.99. The summed E-state index contributed by atoms with van der Waals surface area (Å²) in [5, 5.41) is 22.4. The maximum atomic E-state index is 12.8. The third kappa shape index (κ3) is 3.82. The number of aryl methyl sites for hydroxylation is 1. The summed E-state index contributed by atoms with van der Waals surface area (Å²) in [7, 11) is 0. The van der Waals surface area contributed by atoms with E-state index in [2.05, 4.69) is 10.3 Å². The van der Waals surface area contributed by atoms with Crippen molar-refractivity contribution in [3.8, 4) is 17.4 Å². The van der Waals surface area contributed by atoms with Crippen molar-refractivity contribution in [2.24, 2.45) is 0 Å². The Morgan fingerprint density at radius 2 is 1.93 bits per heavy atom. The Labute approximate surface area is 164 Å². The van der Waals surface area contributed by atoms with Crippen molar-refractivity contribution in [2.75, 3.05) is 5.32 Å². The summed E-state index contributed by atoms with van der Waals surface area (Å²) in [6.45, 7) is 0. The first kappa shape index (κ1) is 19.0. The highest BCUT2D eigenvalue weighted by atomic mass is 19.4. The van der Waals surface area contributed by atoms with Crippen molar-refractivity contribution in [1.29, 1.82) is 5.26 Å². The van der Waals surface area contributed by atoms with Crippen LogP contribution in [0.25, 0.3) is 11.3 Å². The van der Waals surface area contributed by atoms with Crippen LogP contribution in [0.3, 0.4) is 0 Å². The van der Waals surface area contributed by atoms with E-state index in [1.807, 2.05) is 24.3 Å². The fourth-order valence-electron chi connectivity index (χ4n) is 3.46. The highest BCUT2D eigenvalue weighted by Gasteiger charge is 2.30. The molecule has 0 bridgehead atoms. The van der Waals surface area contributed by atoms with Crippen LogP contribution >= 0.6 is 0 Å². The number of halogens is 3. The van der Waals surface area contributed by atoms with Crippen molar-refractivity contribution >= 4 is 11.7 Å². The Hall–Kier alpha value is -3.31. The molecule has 2 aromatic carbocycles. The Balaban J connectivity index is 1.65. The minimum absolute atomic E-state index is 0.0305. The highest BCUT2D eigenvalue weighted by molar-refractivity contribution is 5.67. The van der Waals surface area contributed by atoms with Crippen molar-refractivity contribution in [3.05, 3.63) is 64.8 Å². The summed E-state index contributed by atoms with van der Waals surface area (Å²) in [6.07, 6.45) is -2.91. The average molecular weight is 399 g/mol. The zero-order chi connectivity index (χ0) is 20.6. The second kappa shape index (κ2) is 7.26. The summed E-state index contributed by atoms with van der Waals surface area (Å²) in [5.41, 5.74) is 2.30. The predicted octanol–water partition coefficient (Wildman–Crippen LogP) is 4.83. The Morgan fingerprint density at radius 3 is 2.62 bits per heavy atom. The molecular formula is C21H16F3N3O2. The van der Waals surface area contributed by atoms with Crippen LogP contribution in [0, 0.1) is 11.3 Å². The van der Waals surface area contributed by atoms with Crippen LogP contribution in [0.5, 0.6) is 0 Å². The molecule has 1 atom stereocenters. The molecule has 0 aliphatic heterocycles. The molecule has 5 nitrogen and oxygen atoms in total. The summed E-state index contributed by atoms with van der Waals surface area (Å²) >= 11 is 0. The second-order valence-electron chi connectivity index (χ2n) is 6.85. The van der Waals surface area contributed by atoms with Crippen LogP contribution in [0.1, 0.15) is 28.8 Å². The second-order valence-corrected chi connectivity index (χ2v) is 6.85. The van der Waals surface area contributed by atoms with Gasteiger partial charge in [0.25, 0.3) is 0 Å². The Kier molecular flexibility index (Phi) is 4.76. The van der Waals surface area contributed by atoms with Gasteiger partial charge in [-0.3, -0.25) is 0 Å². The van der Waals surface area contributed by atoms with Gasteiger partial charge < -0.3 is 14.8 Å². The van der Waals surface area contributed by atoms with E-state index < -0.39 is 17.8 Å². The third-order valence-electron chi connectivity index (χ3n) is 4.91. The monoisotopic (exact) mass is 399 g/mol. The number of fused-ring (bicyclic) bond motifs is 1. The number of benzene rings is 2. The van der Waals surface area contributed by atoms with Gasteiger partial charge in [-0.05, 0) is 42.2 Å². The lowest BCUT2D eigenvalue weighted by Crippen LogP contribution is -2.19. The topological polar surface area (TPSA) is 82.1 Å². The highest BCUT2D eigenvalue weighted by Crippen LogP contribution is 2.34. The Morgan fingerprint density at radius 1 is 1.17 bits per heavy atom. The molecule has 0 unspecified atom stereocenters. The number of hydrogen-bond donors (Lipinski definition) is 2. The van der Waals surface area contributed by atoms with E-state index in [0.717, 1.165) is 29.7 Å². The Bertz CT molecular complexity index is 1080. The van der Waals surface area contributed by atoms with Gasteiger partial charge in [0.1, 0.15) is 6.07 Å². The fraction of sp³-hybridized carbons (Fsp3) is 0.238. The largest absolute Gasteiger partial charge is 0.422 e. The van der Waals surface area contributed by atoms with Gasteiger partial charge in [-0.1, -0.05) is 24.3 Å². The number of nitriles is 1. The van der Waals surface area contributed by atoms with Crippen molar-refractivity contribution in [2.45, 2.75) is 31.5 Å². The molecule has 1 aromatic heterocycles. The number of hydrogen-bond acceptors (Lipinski definition) is 5. The molecule has 8 heteroatoms. The van der Waals surface area contributed by atoms with Crippen molar-refractivity contribution in [1.82, 2.24) is 4.98 Å². The normalized spacial score (nSPS) is 16.2. The number of anilines is 2. The minimum Gasteiger partial charge on any atom is -0.422 e. The van der Waals surface area contributed by atoms with Gasteiger partial charge in [-0.15, -0.1) is 0 Å². The van der Waals surface area contributed by atoms with Crippen LogP contribution in [-0.4, -0.2) is 16.2 Å². The predicted molar refractivity (Wildman–Crippen MR) is 99.4 cm³/mol. The maximum absolute atomic E-state index is 12.8. The number of alkyl halides is 3. The van der Waals surface area contributed by atoms with E-state index in [9.17, 15) is 23.5 Å². The van der Waals surface area contributed by atoms with Crippen LogP contribution in [0.15, 0.2) is 46.9 Å². The van der Waals surface area contributed by atoms with Gasteiger partial charge in [0, 0.05) is 17.7 Å². The van der Waals surface area contributed by atoms with Crippen LogP contribution in [-0.2, 0) is 19.0 Å². The molecule has 0 saturated carbocycles. The number of rotatable bonds is 3. The lowest BCUT2D eigenvalue weighted by molar-refractivity contribution is -0.137. The average Bonchev–Trinajstić information content (AvgIpc) is 3.11. The number of aromatic nitrogens is 1. The molecule has 1 heterocycles. The summed E-state index contributed by atoms with van der Waals surface area (Å²) in [5.74, 6) is 0.0913. The number of aliphatic hydroxyl groups excluding tert-OH is 1. The third-order valence-corrected chi connectivity index (χ3v) is 4.91. The van der Waals surface area contributed by atoms with E-state index in [0.29, 0.717) is 24.1 Å². The fourth-order valence-corrected chi connectivity index (χ4v) is 3.46.